The zero-order valence-electron chi connectivity index (χ0n) is 15.0. The molecule has 1 aromatic carbocycles. The van der Waals surface area contributed by atoms with Crippen molar-refractivity contribution in [2.24, 2.45) is 5.73 Å². The second-order valence-corrected chi connectivity index (χ2v) is 7.10. The van der Waals surface area contributed by atoms with Crippen molar-refractivity contribution in [1.82, 2.24) is 0 Å². The first kappa shape index (κ1) is 19.0. The molecule has 0 aliphatic carbocycles. The Hall–Kier alpha value is -2.34. The van der Waals surface area contributed by atoms with E-state index >= 15 is 0 Å². The van der Waals surface area contributed by atoms with Crippen molar-refractivity contribution in [3.05, 3.63) is 45.8 Å². The van der Waals surface area contributed by atoms with E-state index in [2.05, 4.69) is 5.32 Å². The van der Waals surface area contributed by atoms with Gasteiger partial charge in [-0.15, -0.1) is 11.3 Å². The van der Waals surface area contributed by atoms with E-state index in [0.717, 1.165) is 16.0 Å². The van der Waals surface area contributed by atoms with Gasteiger partial charge in [0.1, 0.15) is 10.8 Å². The minimum atomic E-state index is -0.644. The standard InChI is InChI=1S/C19H24N2O3S/c1-5-14-12(4)25-19(16(14)17(20)22)21-18(23)15(6-2)24-13-9-7-8-11(3)10-13/h7-10,15H,5-6H2,1-4H3,(H2,20,22)(H,21,23). The van der Waals surface area contributed by atoms with Crippen molar-refractivity contribution in [3.63, 3.8) is 0 Å². The van der Waals surface area contributed by atoms with Gasteiger partial charge >= 0.3 is 0 Å². The molecule has 1 heterocycles. The van der Waals surface area contributed by atoms with Crippen molar-refractivity contribution < 1.29 is 14.3 Å². The fourth-order valence-corrected chi connectivity index (χ4v) is 3.87. The highest BCUT2D eigenvalue weighted by Gasteiger charge is 2.24. The molecule has 0 saturated heterocycles. The van der Waals surface area contributed by atoms with Crippen molar-refractivity contribution in [2.45, 2.75) is 46.6 Å². The minimum Gasteiger partial charge on any atom is -0.481 e. The first-order chi connectivity index (χ1) is 11.9. The van der Waals surface area contributed by atoms with E-state index in [1.807, 2.05) is 52.0 Å². The lowest BCUT2D eigenvalue weighted by atomic mass is 10.1. The highest BCUT2D eigenvalue weighted by molar-refractivity contribution is 7.16. The molecule has 1 atom stereocenters. The van der Waals surface area contributed by atoms with Crippen LogP contribution in [0.1, 0.15) is 46.6 Å². The van der Waals surface area contributed by atoms with Gasteiger partial charge in [-0.05, 0) is 49.9 Å². The highest BCUT2D eigenvalue weighted by Crippen LogP contribution is 2.33. The monoisotopic (exact) mass is 360 g/mol. The van der Waals surface area contributed by atoms with E-state index in [0.29, 0.717) is 29.2 Å². The zero-order valence-corrected chi connectivity index (χ0v) is 15.8. The molecule has 0 radical (unpaired) electrons. The molecule has 2 amide bonds. The van der Waals surface area contributed by atoms with Crippen LogP contribution in [0.4, 0.5) is 5.00 Å². The lowest BCUT2D eigenvalue weighted by Crippen LogP contribution is -2.32. The van der Waals surface area contributed by atoms with Crippen LogP contribution in [-0.2, 0) is 11.2 Å². The van der Waals surface area contributed by atoms with E-state index in [4.69, 9.17) is 10.5 Å². The van der Waals surface area contributed by atoms with E-state index < -0.39 is 12.0 Å². The maximum atomic E-state index is 12.6. The molecular weight excluding hydrogens is 336 g/mol. The molecule has 3 N–H and O–H groups in total. The van der Waals surface area contributed by atoms with Crippen LogP contribution in [0.15, 0.2) is 24.3 Å². The molecule has 2 rings (SSSR count). The predicted octanol–water partition coefficient (Wildman–Crippen LogP) is 3.82. The second kappa shape index (κ2) is 8.16. The molecule has 0 spiro atoms. The summed E-state index contributed by atoms with van der Waals surface area (Å²) in [6.45, 7) is 7.73. The normalized spacial score (nSPS) is 11.8. The third-order valence-corrected chi connectivity index (χ3v) is 5.04. The van der Waals surface area contributed by atoms with Gasteiger partial charge < -0.3 is 15.8 Å². The SMILES string of the molecule is CCc1c(C)sc(NC(=O)C(CC)Oc2cccc(C)c2)c1C(N)=O. The Balaban J connectivity index is 2.21. The van der Waals surface area contributed by atoms with Gasteiger partial charge in [0, 0.05) is 4.88 Å². The number of rotatable bonds is 7. The van der Waals surface area contributed by atoms with Gasteiger partial charge in [-0.25, -0.2) is 0 Å². The number of primary amides is 1. The number of amides is 2. The number of benzene rings is 1. The van der Waals surface area contributed by atoms with Gasteiger partial charge in [0.15, 0.2) is 6.10 Å². The maximum absolute atomic E-state index is 12.6. The predicted molar refractivity (Wildman–Crippen MR) is 101 cm³/mol. The molecule has 0 bridgehead atoms. The Morgan fingerprint density at radius 3 is 2.56 bits per heavy atom. The summed E-state index contributed by atoms with van der Waals surface area (Å²) in [5.41, 5.74) is 7.87. The summed E-state index contributed by atoms with van der Waals surface area (Å²) < 4.78 is 5.82. The first-order valence-electron chi connectivity index (χ1n) is 8.33. The molecule has 5 nitrogen and oxygen atoms in total. The number of ether oxygens (including phenoxy) is 1. The molecule has 1 aromatic heterocycles. The van der Waals surface area contributed by atoms with Crippen LogP contribution in [0.3, 0.4) is 0 Å². The quantitative estimate of drug-likeness (QED) is 0.787. The van der Waals surface area contributed by atoms with Crippen molar-refractivity contribution in [3.8, 4) is 5.75 Å². The summed E-state index contributed by atoms with van der Waals surface area (Å²) in [7, 11) is 0. The number of hydrogen-bond acceptors (Lipinski definition) is 4. The summed E-state index contributed by atoms with van der Waals surface area (Å²) in [6.07, 6.45) is 0.555. The van der Waals surface area contributed by atoms with Gasteiger partial charge in [-0.3, -0.25) is 9.59 Å². The number of hydrogen-bond donors (Lipinski definition) is 2. The highest BCUT2D eigenvalue weighted by atomic mass is 32.1. The van der Waals surface area contributed by atoms with Crippen LogP contribution in [0.5, 0.6) is 5.75 Å². The third kappa shape index (κ3) is 4.39. The Morgan fingerprint density at radius 2 is 2.00 bits per heavy atom. The molecule has 25 heavy (non-hydrogen) atoms. The number of nitrogens with one attached hydrogen (secondary N) is 1. The van der Waals surface area contributed by atoms with Crippen LogP contribution >= 0.6 is 11.3 Å². The van der Waals surface area contributed by atoms with Gasteiger partial charge in [0.2, 0.25) is 0 Å². The summed E-state index contributed by atoms with van der Waals surface area (Å²) in [5, 5.41) is 3.33. The van der Waals surface area contributed by atoms with Crippen LogP contribution < -0.4 is 15.8 Å². The van der Waals surface area contributed by atoms with Crippen molar-refractivity contribution >= 4 is 28.2 Å². The van der Waals surface area contributed by atoms with Crippen molar-refractivity contribution in [2.75, 3.05) is 5.32 Å². The van der Waals surface area contributed by atoms with Gasteiger partial charge in [-0.1, -0.05) is 26.0 Å². The Labute approximate surface area is 152 Å². The fraction of sp³-hybridized carbons (Fsp3) is 0.368. The molecule has 1 unspecified atom stereocenters. The molecule has 0 aliphatic rings. The molecule has 0 aliphatic heterocycles. The Morgan fingerprint density at radius 1 is 1.28 bits per heavy atom. The summed E-state index contributed by atoms with van der Waals surface area (Å²) in [4.78, 5) is 25.4. The molecule has 6 heteroatoms. The van der Waals surface area contributed by atoms with Crippen LogP contribution in [0.2, 0.25) is 0 Å². The zero-order chi connectivity index (χ0) is 18.6. The smallest absolute Gasteiger partial charge is 0.266 e. The first-order valence-corrected chi connectivity index (χ1v) is 9.15. The largest absolute Gasteiger partial charge is 0.481 e. The van der Waals surface area contributed by atoms with Crippen LogP contribution in [-0.4, -0.2) is 17.9 Å². The Kier molecular flexibility index (Phi) is 6.20. The number of thiophene rings is 1. The van der Waals surface area contributed by atoms with Crippen molar-refractivity contribution in [1.29, 1.82) is 0 Å². The summed E-state index contributed by atoms with van der Waals surface area (Å²) >= 11 is 1.37. The van der Waals surface area contributed by atoms with E-state index in [-0.39, 0.29) is 5.91 Å². The van der Waals surface area contributed by atoms with Gasteiger partial charge in [-0.2, -0.15) is 0 Å². The van der Waals surface area contributed by atoms with E-state index in [9.17, 15) is 9.59 Å². The third-order valence-electron chi connectivity index (χ3n) is 3.98. The second-order valence-electron chi connectivity index (χ2n) is 5.88. The summed E-state index contributed by atoms with van der Waals surface area (Å²) in [5.74, 6) is -0.159. The lowest BCUT2D eigenvalue weighted by molar-refractivity contribution is -0.122. The molecule has 0 fully saturated rings. The number of carbonyl (C=O) groups excluding carboxylic acids is 2. The minimum absolute atomic E-state index is 0.282. The van der Waals surface area contributed by atoms with E-state index in [1.165, 1.54) is 11.3 Å². The van der Waals surface area contributed by atoms with E-state index in [1.54, 1.807) is 0 Å². The molecule has 2 aromatic rings. The number of carbonyl (C=O) groups is 2. The number of anilines is 1. The Bertz CT molecular complexity index is 783. The summed E-state index contributed by atoms with van der Waals surface area (Å²) in [6, 6.07) is 7.56. The fourth-order valence-electron chi connectivity index (χ4n) is 2.72. The average molecular weight is 360 g/mol. The lowest BCUT2D eigenvalue weighted by Gasteiger charge is -2.17. The van der Waals surface area contributed by atoms with Gasteiger partial charge in [0.05, 0.1) is 5.56 Å². The molecule has 134 valence electrons. The molecule has 0 saturated carbocycles. The molecular formula is C19H24N2O3S. The average Bonchev–Trinajstić information content (AvgIpc) is 2.87. The topological polar surface area (TPSA) is 81.4 Å². The number of nitrogens with two attached hydrogens (primary N) is 1. The van der Waals surface area contributed by atoms with Crippen LogP contribution in [0.25, 0.3) is 0 Å². The van der Waals surface area contributed by atoms with Gasteiger partial charge in [0.25, 0.3) is 11.8 Å². The van der Waals surface area contributed by atoms with Crippen LogP contribution in [0, 0.1) is 13.8 Å². The maximum Gasteiger partial charge on any atom is 0.266 e. The number of aryl methyl sites for hydroxylation is 2.